The minimum Gasteiger partial charge on any atom is -0.339 e. The average Bonchev–Trinajstić information content (AvgIpc) is 2.79. The van der Waals surface area contributed by atoms with Crippen molar-refractivity contribution < 1.29 is 19.4 Å². The summed E-state index contributed by atoms with van der Waals surface area (Å²) in [6.07, 6.45) is 0.805. The van der Waals surface area contributed by atoms with Gasteiger partial charge >= 0.3 is 0 Å². The van der Waals surface area contributed by atoms with Crippen LogP contribution in [0.1, 0.15) is 18.1 Å². The Bertz CT molecular complexity index is 1030. The summed E-state index contributed by atoms with van der Waals surface area (Å²) in [4.78, 5) is 39.9. The molecule has 0 bridgehead atoms. The van der Waals surface area contributed by atoms with E-state index >= 15 is 0 Å². The molecule has 1 fully saturated rings. The van der Waals surface area contributed by atoms with Gasteiger partial charge in [-0.05, 0) is 35.9 Å². The fraction of sp³-hybridized carbons (Fsp3) is 0.304. The third-order valence-electron chi connectivity index (χ3n) is 5.41. The van der Waals surface area contributed by atoms with Crippen molar-refractivity contribution in [1.29, 1.82) is 0 Å². The van der Waals surface area contributed by atoms with Crippen molar-refractivity contribution in [2.24, 2.45) is 0 Å². The fourth-order valence-corrected chi connectivity index (χ4v) is 4.77. The van der Waals surface area contributed by atoms with Crippen LogP contribution < -0.4 is 4.89 Å². The normalized spacial score (nSPS) is 15.8. The maximum atomic E-state index is 12.9. The molecule has 2 aromatic rings. The highest BCUT2D eigenvalue weighted by Gasteiger charge is 2.24. The van der Waals surface area contributed by atoms with Crippen molar-refractivity contribution in [3.63, 3.8) is 0 Å². The van der Waals surface area contributed by atoms with Crippen molar-refractivity contribution in [3.8, 4) is 5.75 Å². The second-order valence-corrected chi connectivity index (χ2v) is 8.97. The van der Waals surface area contributed by atoms with E-state index in [1.165, 1.54) is 0 Å². The predicted molar refractivity (Wildman–Crippen MR) is 120 cm³/mol. The zero-order valence-electron chi connectivity index (χ0n) is 17.2. The Kier molecular flexibility index (Phi) is 6.55. The molecule has 0 aliphatic carbocycles. The summed E-state index contributed by atoms with van der Waals surface area (Å²) >= 11 is 8.09. The summed E-state index contributed by atoms with van der Waals surface area (Å²) in [5.41, 5.74) is 2.21. The second kappa shape index (κ2) is 9.34. The Morgan fingerprint density at radius 1 is 1.06 bits per heavy atom. The van der Waals surface area contributed by atoms with Crippen LogP contribution in [0.15, 0.2) is 52.8 Å². The lowest BCUT2D eigenvalue weighted by molar-refractivity contribution is -0.215. The topological polar surface area (TPSA) is 59.1 Å². The van der Waals surface area contributed by atoms with Gasteiger partial charge in [-0.3, -0.25) is 9.59 Å². The molecule has 4 rings (SSSR count). The first-order valence-electron chi connectivity index (χ1n) is 10.1. The third-order valence-corrected chi connectivity index (χ3v) is 6.90. The number of hydrogen-bond acceptors (Lipinski definition) is 5. The van der Waals surface area contributed by atoms with Gasteiger partial charge in [0.05, 0.1) is 11.6 Å². The molecule has 2 aromatic carbocycles. The van der Waals surface area contributed by atoms with E-state index in [1.54, 1.807) is 34.6 Å². The monoisotopic (exact) mass is 458 g/mol. The molecule has 2 aliphatic heterocycles. The Balaban J connectivity index is 1.43. The number of rotatable bonds is 4. The van der Waals surface area contributed by atoms with Crippen LogP contribution in [0, 0.1) is 0 Å². The molecule has 0 radical (unpaired) electrons. The van der Waals surface area contributed by atoms with Crippen LogP contribution in [-0.4, -0.2) is 54.4 Å². The van der Waals surface area contributed by atoms with Crippen LogP contribution >= 0.6 is 23.4 Å². The number of nitrogens with zero attached hydrogens (tertiary/aromatic N) is 2. The molecular formula is C23H23ClN2O4S. The fourth-order valence-electron chi connectivity index (χ4n) is 3.59. The first-order valence-corrected chi connectivity index (χ1v) is 11.3. The molecule has 2 aliphatic rings. The summed E-state index contributed by atoms with van der Waals surface area (Å²) in [6.45, 7) is 8.18. The highest BCUT2D eigenvalue weighted by molar-refractivity contribution is 7.99. The lowest BCUT2D eigenvalue weighted by atomic mass is 10.1. The Hall–Kier alpha value is -2.48. The van der Waals surface area contributed by atoms with Gasteiger partial charge in [-0.25, -0.2) is 0 Å². The van der Waals surface area contributed by atoms with Gasteiger partial charge < -0.3 is 14.7 Å². The van der Waals surface area contributed by atoms with E-state index in [4.69, 9.17) is 21.4 Å². The molecule has 0 atom stereocenters. The van der Waals surface area contributed by atoms with Crippen molar-refractivity contribution in [1.82, 2.24) is 9.80 Å². The Labute approximate surface area is 190 Å². The summed E-state index contributed by atoms with van der Waals surface area (Å²) < 4.78 is 0. The molecule has 1 saturated heterocycles. The zero-order chi connectivity index (χ0) is 22.0. The van der Waals surface area contributed by atoms with Crippen molar-refractivity contribution in [2.75, 3.05) is 32.8 Å². The molecular weight excluding hydrogens is 436 g/mol. The molecule has 2 heterocycles. The molecule has 0 saturated carbocycles. The van der Waals surface area contributed by atoms with Crippen LogP contribution in [0.3, 0.4) is 0 Å². The summed E-state index contributed by atoms with van der Waals surface area (Å²) in [5.74, 6) is 0.651. The standard InChI is InChI=1S/C23H23ClN2O4S/c1-15(23(28)26-10-8-25(9-11-26)16(2)27)17-3-6-22(20(24)14-17)31-19-4-5-21-18(13-19)7-12-29-30-21/h3-6,13-14H,1,7-12H2,2H3. The van der Waals surface area contributed by atoms with Crippen molar-refractivity contribution >= 4 is 40.8 Å². The van der Waals surface area contributed by atoms with E-state index < -0.39 is 0 Å². The number of halogens is 1. The van der Waals surface area contributed by atoms with E-state index in [0.717, 1.165) is 27.5 Å². The highest BCUT2D eigenvalue weighted by atomic mass is 35.5. The maximum Gasteiger partial charge on any atom is 0.253 e. The van der Waals surface area contributed by atoms with E-state index in [1.807, 2.05) is 24.3 Å². The lowest BCUT2D eigenvalue weighted by Crippen LogP contribution is -2.50. The number of carbonyl (C=O) groups excluding carboxylic acids is 2. The van der Waals surface area contributed by atoms with Crippen LogP contribution in [0.25, 0.3) is 5.57 Å². The van der Waals surface area contributed by atoms with Crippen LogP contribution in [-0.2, 0) is 20.9 Å². The van der Waals surface area contributed by atoms with E-state index in [2.05, 4.69) is 12.6 Å². The van der Waals surface area contributed by atoms with Gasteiger partial charge in [0.2, 0.25) is 5.91 Å². The number of fused-ring (bicyclic) bond motifs is 1. The number of piperazine rings is 1. The summed E-state index contributed by atoms with van der Waals surface area (Å²) in [6, 6.07) is 11.5. The third kappa shape index (κ3) is 4.89. The SMILES string of the molecule is C=C(C(=O)N1CCN(C(C)=O)CC1)c1ccc(Sc2ccc3c(c2)CCOO3)c(Cl)c1. The first-order chi connectivity index (χ1) is 14.9. The van der Waals surface area contributed by atoms with Gasteiger partial charge in [0, 0.05) is 60.5 Å². The van der Waals surface area contributed by atoms with Crippen molar-refractivity contribution in [2.45, 2.75) is 23.1 Å². The van der Waals surface area contributed by atoms with E-state index in [0.29, 0.717) is 48.9 Å². The van der Waals surface area contributed by atoms with Crippen LogP contribution in [0.5, 0.6) is 5.75 Å². The maximum absolute atomic E-state index is 12.9. The molecule has 8 heteroatoms. The molecule has 0 spiro atoms. The Morgan fingerprint density at radius 3 is 2.52 bits per heavy atom. The van der Waals surface area contributed by atoms with Crippen molar-refractivity contribution in [3.05, 3.63) is 59.1 Å². The quantitative estimate of drug-likeness (QED) is 0.510. The summed E-state index contributed by atoms with van der Waals surface area (Å²) in [7, 11) is 0. The molecule has 162 valence electrons. The van der Waals surface area contributed by atoms with Gasteiger partial charge in [0.25, 0.3) is 5.91 Å². The Morgan fingerprint density at radius 2 is 1.81 bits per heavy atom. The number of hydrogen-bond donors (Lipinski definition) is 0. The van der Waals surface area contributed by atoms with Gasteiger partial charge in [0.15, 0.2) is 5.75 Å². The molecule has 0 N–H and O–H groups in total. The number of benzene rings is 2. The molecule has 31 heavy (non-hydrogen) atoms. The largest absolute Gasteiger partial charge is 0.339 e. The zero-order valence-corrected chi connectivity index (χ0v) is 18.8. The van der Waals surface area contributed by atoms with Gasteiger partial charge in [-0.2, -0.15) is 4.89 Å². The number of amides is 2. The van der Waals surface area contributed by atoms with Gasteiger partial charge in [-0.1, -0.05) is 36.0 Å². The average molecular weight is 459 g/mol. The molecule has 0 aromatic heterocycles. The minimum absolute atomic E-state index is 0.0329. The van der Waals surface area contributed by atoms with Gasteiger partial charge in [-0.15, -0.1) is 0 Å². The number of carbonyl (C=O) groups is 2. The smallest absolute Gasteiger partial charge is 0.253 e. The van der Waals surface area contributed by atoms with Crippen LogP contribution in [0.4, 0.5) is 0 Å². The summed E-state index contributed by atoms with van der Waals surface area (Å²) in [5, 5.41) is 0.565. The second-order valence-electron chi connectivity index (χ2n) is 7.45. The van der Waals surface area contributed by atoms with Gasteiger partial charge in [0.1, 0.15) is 0 Å². The highest BCUT2D eigenvalue weighted by Crippen LogP contribution is 2.37. The molecule has 6 nitrogen and oxygen atoms in total. The lowest BCUT2D eigenvalue weighted by Gasteiger charge is -2.34. The molecule has 2 amide bonds. The minimum atomic E-state index is -0.128. The first kappa shape index (κ1) is 21.7. The van der Waals surface area contributed by atoms with E-state index in [9.17, 15) is 9.59 Å². The predicted octanol–water partition coefficient (Wildman–Crippen LogP) is 4.06. The molecule has 0 unspecified atom stereocenters. The van der Waals surface area contributed by atoms with E-state index in [-0.39, 0.29) is 11.8 Å². The van der Waals surface area contributed by atoms with Crippen LogP contribution in [0.2, 0.25) is 5.02 Å².